The van der Waals surface area contributed by atoms with Gasteiger partial charge in [-0.2, -0.15) is 0 Å². The number of pyridine rings is 1. The minimum absolute atomic E-state index is 0.0980. The zero-order valence-corrected chi connectivity index (χ0v) is 15.1. The van der Waals surface area contributed by atoms with Gasteiger partial charge in [0, 0.05) is 24.8 Å². The molecule has 1 amide bonds. The van der Waals surface area contributed by atoms with Gasteiger partial charge in [-0.05, 0) is 51.8 Å². The molecule has 6 heteroatoms. The minimum Gasteiger partial charge on any atom is -0.336 e. The molecule has 2 aliphatic heterocycles. The fourth-order valence-corrected chi connectivity index (χ4v) is 4.45. The van der Waals surface area contributed by atoms with Crippen LogP contribution in [0.25, 0.3) is 11.1 Å². The van der Waals surface area contributed by atoms with Gasteiger partial charge in [-0.3, -0.25) is 4.79 Å². The van der Waals surface area contributed by atoms with Crippen LogP contribution in [0.4, 0.5) is 0 Å². The van der Waals surface area contributed by atoms with Crippen molar-refractivity contribution in [3.05, 3.63) is 23.5 Å². The summed E-state index contributed by atoms with van der Waals surface area (Å²) in [6.45, 7) is 4.09. The lowest BCUT2D eigenvalue weighted by molar-refractivity contribution is 0.0664. The number of nitrogens with zero attached hydrogens (tertiary/aromatic N) is 4. The largest absolute Gasteiger partial charge is 0.336 e. The molecular formula is C19H26N4O2. The van der Waals surface area contributed by atoms with Gasteiger partial charge in [-0.25, -0.2) is 4.98 Å². The van der Waals surface area contributed by atoms with Crippen LogP contribution in [0, 0.1) is 0 Å². The summed E-state index contributed by atoms with van der Waals surface area (Å²) in [5, 5.41) is 4.98. The Morgan fingerprint density at radius 2 is 2.08 bits per heavy atom. The van der Waals surface area contributed by atoms with Crippen molar-refractivity contribution in [2.24, 2.45) is 0 Å². The van der Waals surface area contributed by atoms with Gasteiger partial charge in [0.2, 0.25) is 0 Å². The summed E-state index contributed by atoms with van der Waals surface area (Å²) in [5.41, 5.74) is 2.07. The fraction of sp³-hybridized carbons (Fsp3) is 0.632. The Hall–Kier alpha value is -1.95. The molecule has 0 bridgehead atoms. The van der Waals surface area contributed by atoms with Crippen LogP contribution < -0.4 is 0 Å². The number of likely N-dealkylation sites (tertiary alicyclic amines) is 2. The van der Waals surface area contributed by atoms with Gasteiger partial charge < -0.3 is 14.3 Å². The van der Waals surface area contributed by atoms with Gasteiger partial charge in [0.05, 0.1) is 16.6 Å². The fourth-order valence-electron chi connectivity index (χ4n) is 4.45. The van der Waals surface area contributed by atoms with E-state index in [-0.39, 0.29) is 5.91 Å². The number of amides is 1. The maximum atomic E-state index is 13.2. The number of carbonyl (C=O) groups excluding carboxylic acids is 1. The van der Waals surface area contributed by atoms with Gasteiger partial charge in [0.1, 0.15) is 0 Å². The van der Waals surface area contributed by atoms with E-state index in [9.17, 15) is 4.79 Å². The number of rotatable bonds is 4. The zero-order valence-electron chi connectivity index (χ0n) is 15.1. The molecule has 2 saturated heterocycles. The quantitative estimate of drug-likeness (QED) is 0.855. The molecule has 2 aromatic rings. The summed E-state index contributed by atoms with van der Waals surface area (Å²) < 4.78 is 5.29. The van der Waals surface area contributed by atoms with Crippen molar-refractivity contribution < 1.29 is 9.32 Å². The van der Waals surface area contributed by atoms with Crippen LogP contribution in [0.15, 0.2) is 16.8 Å². The number of hydrogen-bond donors (Lipinski definition) is 0. The molecule has 0 radical (unpaired) electrons. The third-order valence-corrected chi connectivity index (χ3v) is 5.72. The number of carbonyl (C=O) groups is 1. The van der Waals surface area contributed by atoms with Gasteiger partial charge in [0.15, 0.2) is 0 Å². The molecule has 2 fully saturated rings. The number of aryl methyl sites for hydroxylation is 1. The second-order valence-electron chi connectivity index (χ2n) is 7.35. The van der Waals surface area contributed by atoms with E-state index in [0.29, 0.717) is 23.4 Å². The van der Waals surface area contributed by atoms with E-state index >= 15 is 0 Å². The van der Waals surface area contributed by atoms with Crippen LogP contribution in [0.1, 0.15) is 55.1 Å². The van der Waals surface area contributed by atoms with Crippen molar-refractivity contribution in [1.82, 2.24) is 19.9 Å². The average Bonchev–Trinajstić information content (AvgIpc) is 3.34. The Morgan fingerprint density at radius 3 is 2.84 bits per heavy atom. The standard InChI is InChI=1S/C19H26N4O2/c1-3-6-15-14-11-13(12-20-18(14)25-21-15)19(24)23-10-5-8-17(23)16-7-4-9-22(16)2/h11-12,16-17H,3-10H2,1-2H3/t16-,17+/m0/s1. The van der Waals surface area contributed by atoms with Crippen LogP contribution in [-0.4, -0.2) is 58.1 Å². The molecule has 4 heterocycles. The molecular weight excluding hydrogens is 316 g/mol. The second kappa shape index (κ2) is 6.75. The average molecular weight is 342 g/mol. The van der Waals surface area contributed by atoms with Crippen LogP contribution in [0.2, 0.25) is 0 Å². The zero-order chi connectivity index (χ0) is 17.4. The molecule has 25 heavy (non-hydrogen) atoms. The normalized spacial score (nSPS) is 24.5. The summed E-state index contributed by atoms with van der Waals surface area (Å²) >= 11 is 0. The Bertz CT molecular complexity index is 772. The Morgan fingerprint density at radius 1 is 1.28 bits per heavy atom. The van der Waals surface area contributed by atoms with Gasteiger partial charge in [-0.15, -0.1) is 0 Å². The lowest BCUT2D eigenvalue weighted by atomic mass is 10.0. The summed E-state index contributed by atoms with van der Waals surface area (Å²) in [5.74, 6) is 0.0980. The summed E-state index contributed by atoms with van der Waals surface area (Å²) in [4.78, 5) is 22.0. The number of aromatic nitrogens is 2. The molecule has 6 nitrogen and oxygen atoms in total. The van der Waals surface area contributed by atoms with Crippen molar-refractivity contribution in [2.75, 3.05) is 20.1 Å². The smallest absolute Gasteiger partial charge is 0.257 e. The highest BCUT2D eigenvalue weighted by atomic mass is 16.5. The van der Waals surface area contributed by atoms with Crippen molar-refractivity contribution >= 4 is 17.0 Å². The van der Waals surface area contributed by atoms with E-state index in [1.165, 1.54) is 12.8 Å². The van der Waals surface area contributed by atoms with Crippen molar-refractivity contribution in [1.29, 1.82) is 0 Å². The highest BCUT2D eigenvalue weighted by molar-refractivity contribution is 5.97. The first-order chi connectivity index (χ1) is 12.2. The molecule has 0 aromatic carbocycles. The van der Waals surface area contributed by atoms with Crippen LogP contribution >= 0.6 is 0 Å². The number of hydrogen-bond acceptors (Lipinski definition) is 5. The second-order valence-corrected chi connectivity index (χ2v) is 7.35. The van der Waals surface area contributed by atoms with E-state index < -0.39 is 0 Å². The van der Waals surface area contributed by atoms with E-state index in [1.54, 1.807) is 6.20 Å². The minimum atomic E-state index is 0.0980. The molecule has 0 unspecified atom stereocenters. The molecule has 2 aliphatic rings. The van der Waals surface area contributed by atoms with E-state index in [0.717, 1.165) is 49.9 Å². The monoisotopic (exact) mass is 342 g/mol. The van der Waals surface area contributed by atoms with Gasteiger partial charge >= 0.3 is 0 Å². The van der Waals surface area contributed by atoms with Crippen LogP contribution in [0.3, 0.4) is 0 Å². The predicted octanol–water partition coefficient (Wildman–Crippen LogP) is 2.87. The maximum Gasteiger partial charge on any atom is 0.257 e. The molecule has 2 atom stereocenters. The Kier molecular flexibility index (Phi) is 4.46. The summed E-state index contributed by atoms with van der Waals surface area (Å²) in [6.07, 6.45) is 8.07. The van der Waals surface area contributed by atoms with Crippen molar-refractivity contribution in [3.63, 3.8) is 0 Å². The first-order valence-corrected chi connectivity index (χ1v) is 9.44. The first kappa shape index (κ1) is 16.5. The van der Waals surface area contributed by atoms with Gasteiger partial charge in [0.25, 0.3) is 11.6 Å². The van der Waals surface area contributed by atoms with Crippen molar-refractivity contribution in [3.8, 4) is 0 Å². The first-order valence-electron chi connectivity index (χ1n) is 9.44. The summed E-state index contributed by atoms with van der Waals surface area (Å²) in [6, 6.07) is 2.74. The topological polar surface area (TPSA) is 62.5 Å². The Balaban J connectivity index is 1.61. The van der Waals surface area contributed by atoms with Crippen molar-refractivity contribution in [2.45, 2.75) is 57.5 Å². The van der Waals surface area contributed by atoms with E-state index in [1.807, 2.05) is 6.07 Å². The van der Waals surface area contributed by atoms with Crippen LogP contribution in [0.5, 0.6) is 0 Å². The SMILES string of the molecule is CCCc1noc2ncc(C(=O)N3CCC[C@@H]3[C@@H]3CCCN3C)cc12. The van der Waals surface area contributed by atoms with E-state index in [2.05, 4.69) is 33.9 Å². The number of fused-ring (bicyclic) bond motifs is 1. The lowest BCUT2D eigenvalue weighted by Crippen LogP contribution is -2.47. The predicted molar refractivity (Wildman–Crippen MR) is 95.5 cm³/mol. The highest BCUT2D eigenvalue weighted by Crippen LogP contribution is 2.30. The lowest BCUT2D eigenvalue weighted by Gasteiger charge is -2.33. The number of likely N-dealkylation sites (N-methyl/N-ethyl adjacent to an activating group) is 1. The Labute approximate surface area is 148 Å². The third kappa shape index (κ3) is 2.92. The molecule has 2 aromatic heterocycles. The third-order valence-electron chi connectivity index (χ3n) is 5.72. The molecule has 0 N–H and O–H groups in total. The molecule has 4 rings (SSSR count). The molecule has 0 saturated carbocycles. The highest BCUT2D eigenvalue weighted by Gasteiger charge is 2.38. The van der Waals surface area contributed by atoms with E-state index in [4.69, 9.17) is 4.52 Å². The molecule has 134 valence electrons. The molecule has 0 spiro atoms. The van der Waals surface area contributed by atoms with Gasteiger partial charge in [-0.1, -0.05) is 18.5 Å². The summed E-state index contributed by atoms with van der Waals surface area (Å²) in [7, 11) is 2.18. The maximum absolute atomic E-state index is 13.2. The van der Waals surface area contributed by atoms with Crippen LogP contribution in [-0.2, 0) is 6.42 Å². The molecule has 0 aliphatic carbocycles.